The minimum atomic E-state index is -3.22. The highest BCUT2D eigenvalue weighted by Crippen LogP contribution is 2.31. The Morgan fingerprint density at radius 2 is 2.20 bits per heavy atom. The van der Waals surface area contributed by atoms with Crippen molar-refractivity contribution < 1.29 is 8.42 Å². The fourth-order valence-corrected chi connectivity index (χ4v) is 4.54. The van der Waals surface area contributed by atoms with Gasteiger partial charge in [-0.25, -0.2) is 13.4 Å². The maximum atomic E-state index is 12.1. The molecule has 2 heterocycles. The zero-order valence-corrected chi connectivity index (χ0v) is 11.8. The van der Waals surface area contributed by atoms with Crippen LogP contribution in [0.2, 0.25) is 0 Å². The van der Waals surface area contributed by atoms with Crippen molar-refractivity contribution in [3.63, 3.8) is 0 Å². The van der Waals surface area contributed by atoms with Crippen LogP contribution in [0, 0.1) is 11.3 Å². The minimum absolute atomic E-state index is 0.0327. The Morgan fingerprint density at radius 3 is 2.85 bits per heavy atom. The lowest BCUT2D eigenvalue weighted by Crippen LogP contribution is -2.31. The quantitative estimate of drug-likeness (QED) is 0.804. The molecule has 0 bridgehead atoms. The van der Waals surface area contributed by atoms with Crippen LogP contribution in [0.1, 0.15) is 19.0 Å². The van der Waals surface area contributed by atoms with Crippen LogP contribution in [0.15, 0.2) is 30.5 Å². The molecule has 0 amide bonds. The van der Waals surface area contributed by atoms with E-state index >= 15 is 0 Å². The molecule has 0 saturated carbocycles. The summed E-state index contributed by atoms with van der Waals surface area (Å²) in [6.07, 6.45) is 2.20. The number of hydrogen-bond donors (Lipinski definition) is 0. The lowest BCUT2D eigenvalue weighted by Gasteiger charge is -2.22. The number of fused-ring (bicyclic) bond motifs is 1. The highest BCUT2D eigenvalue weighted by atomic mass is 32.2. The van der Waals surface area contributed by atoms with Crippen molar-refractivity contribution >= 4 is 26.5 Å². The molecule has 1 aromatic carbocycles. The second-order valence-electron chi connectivity index (χ2n) is 4.93. The summed E-state index contributed by atoms with van der Waals surface area (Å²) >= 11 is 0. The molecule has 0 N–H and O–H groups in total. The maximum absolute atomic E-state index is 12.1. The molecular weight excluding hydrogens is 274 g/mol. The van der Waals surface area contributed by atoms with Crippen molar-refractivity contribution in [1.29, 1.82) is 5.26 Å². The van der Waals surface area contributed by atoms with Gasteiger partial charge in [0.05, 0.1) is 11.4 Å². The number of aromatic nitrogens is 1. The molecule has 1 fully saturated rings. The summed E-state index contributed by atoms with van der Waals surface area (Å²) in [5.41, 5.74) is 1.00. The lowest BCUT2D eigenvalue weighted by molar-refractivity contribution is 0.597. The first-order valence-corrected chi connectivity index (χ1v) is 7.95. The van der Waals surface area contributed by atoms with E-state index in [0.29, 0.717) is 17.8 Å². The first-order chi connectivity index (χ1) is 9.53. The van der Waals surface area contributed by atoms with Crippen molar-refractivity contribution in [1.82, 2.24) is 4.98 Å². The molecular formula is C14H13N3O2S. The van der Waals surface area contributed by atoms with Crippen molar-refractivity contribution in [2.45, 2.75) is 19.4 Å². The second kappa shape index (κ2) is 4.46. The average molecular weight is 287 g/mol. The minimum Gasteiger partial charge on any atom is -0.267 e. The maximum Gasteiger partial charge on any atom is 0.235 e. The van der Waals surface area contributed by atoms with Gasteiger partial charge < -0.3 is 0 Å². The smallest absolute Gasteiger partial charge is 0.235 e. The van der Waals surface area contributed by atoms with Gasteiger partial charge in [0.25, 0.3) is 0 Å². The van der Waals surface area contributed by atoms with Crippen molar-refractivity contribution in [2.24, 2.45) is 0 Å². The Morgan fingerprint density at radius 1 is 1.40 bits per heavy atom. The van der Waals surface area contributed by atoms with Crippen LogP contribution in [0.5, 0.6) is 0 Å². The molecule has 0 aliphatic carbocycles. The van der Waals surface area contributed by atoms with Crippen molar-refractivity contribution in [3.05, 3.63) is 36.2 Å². The molecule has 20 heavy (non-hydrogen) atoms. The molecule has 1 saturated heterocycles. The highest BCUT2D eigenvalue weighted by molar-refractivity contribution is 7.93. The Balaban J connectivity index is 2.18. The third kappa shape index (κ3) is 1.91. The molecule has 1 aromatic heterocycles. The van der Waals surface area contributed by atoms with E-state index in [1.165, 1.54) is 4.31 Å². The molecule has 2 aromatic rings. The van der Waals surface area contributed by atoms with Crippen LogP contribution in [-0.4, -0.2) is 25.2 Å². The summed E-state index contributed by atoms with van der Waals surface area (Å²) in [4.78, 5) is 4.00. The predicted octanol–water partition coefficient (Wildman–Crippen LogP) is 2.03. The first kappa shape index (κ1) is 12.9. The zero-order chi connectivity index (χ0) is 14.3. The Kier molecular flexibility index (Phi) is 2.87. The molecule has 0 unspecified atom stereocenters. The fraction of sp³-hybridized carbons (Fsp3) is 0.286. The van der Waals surface area contributed by atoms with Crippen molar-refractivity contribution in [3.8, 4) is 6.07 Å². The molecule has 102 valence electrons. The number of benzene rings is 1. The van der Waals surface area contributed by atoms with Gasteiger partial charge in [-0.2, -0.15) is 5.26 Å². The van der Waals surface area contributed by atoms with Gasteiger partial charge in [0.2, 0.25) is 10.0 Å². The number of anilines is 1. The molecule has 1 atom stereocenters. The van der Waals surface area contributed by atoms with Gasteiger partial charge in [-0.15, -0.1) is 0 Å². The monoisotopic (exact) mass is 287 g/mol. The molecule has 0 spiro atoms. The normalized spacial score (nSPS) is 21.0. The van der Waals surface area contributed by atoms with Crippen LogP contribution in [0.3, 0.4) is 0 Å². The summed E-state index contributed by atoms with van der Waals surface area (Å²) < 4.78 is 25.7. The van der Waals surface area contributed by atoms with Crippen molar-refractivity contribution in [2.75, 3.05) is 10.1 Å². The summed E-state index contributed by atoms with van der Waals surface area (Å²) in [5.74, 6) is 0.187. The van der Waals surface area contributed by atoms with E-state index in [1.807, 2.05) is 13.0 Å². The van der Waals surface area contributed by atoms with Crippen LogP contribution in [0.25, 0.3) is 10.8 Å². The summed E-state index contributed by atoms with van der Waals surface area (Å²) in [6.45, 7) is 1.90. The number of sulfonamides is 1. The number of nitrogens with zero attached hydrogens (tertiary/aromatic N) is 3. The molecule has 0 radical (unpaired) electrons. The van der Waals surface area contributed by atoms with E-state index in [0.717, 1.165) is 10.8 Å². The van der Waals surface area contributed by atoms with Gasteiger partial charge >= 0.3 is 0 Å². The van der Waals surface area contributed by atoms with Gasteiger partial charge in [-0.05, 0) is 43.0 Å². The van der Waals surface area contributed by atoms with Gasteiger partial charge in [0, 0.05) is 17.6 Å². The largest absolute Gasteiger partial charge is 0.267 e. The Hall–Kier alpha value is -2.13. The topological polar surface area (TPSA) is 74.1 Å². The van der Waals surface area contributed by atoms with E-state index in [9.17, 15) is 8.42 Å². The number of pyridine rings is 1. The third-order valence-corrected chi connectivity index (χ3v) is 5.52. The number of hydrogen-bond acceptors (Lipinski definition) is 4. The Labute approximate surface area is 117 Å². The van der Waals surface area contributed by atoms with Gasteiger partial charge in [-0.3, -0.25) is 4.31 Å². The summed E-state index contributed by atoms with van der Waals surface area (Å²) in [6, 6.07) is 9.10. The van der Waals surface area contributed by atoms with Crippen LogP contribution < -0.4 is 4.31 Å². The second-order valence-corrected chi connectivity index (χ2v) is 6.89. The highest BCUT2D eigenvalue weighted by Gasteiger charge is 2.34. The van der Waals surface area contributed by atoms with Gasteiger partial charge in [-0.1, -0.05) is 0 Å². The van der Waals surface area contributed by atoms with Crippen LogP contribution >= 0.6 is 0 Å². The molecule has 1 aliphatic heterocycles. The SMILES string of the molecule is C[C@H]1CCS(=O)(=O)N1c1ccc2c(C#N)nccc2c1. The van der Waals surface area contributed by atoms with E-state index in [4.69, 9.17) is 5.26 Å². The van der Waals surface area contributed by atoms with E-state index in [-0.39, 0.29) is 11.8 Å². The van der Waals surface area contributed by atoms with Crippen LogP contribution in [0.4, 0.5) is 5.69 Å². The zero-order valence-electron chi connectivity index (χ0n) is 10.9. The third-order valence-electron chi connectivity index (χ3n) is 3.60. The van der Waals surface area contributed by atoms with E-state index in [2.05, 4.69) is 4.98 Å². The van der Waals surface area contributed by atoms with Gasteiger partial charge in [0.1, 0.15) is 11.8 Å². The number of rotatable bonds is 1. The first-order valence-electron chi connectivity index (χ1n) is 6.34. The Bertz CT molecular complexity index is 824. The van der Waals surface area contributed by atoms with Crippen LogP contribution in [-0.2, 0) is 10.0 Å². The molecule has 6 heteroatoms. The summed E-state index contributed by atoms with van der Waals surface area (Å²) in [5, 5.41) is 10.6. The molecule has 5 nitrogen and oxygen atoms in total. The standard InChI is InChI=1S/C14H13N3O2S/c1-10-5-7-20(18,19)17(10)12-2-3-13-11(8-12)4-6-16-14(13)9-15/h2-4,6,8,10H,5,7H2,1H3/t10-/m0/s1. The summed E-state index contributed by atoms with van der Waals surface area (Å²) in [7, 11) is -3.22. The molecule has 3 rings (SSSR count). The lowest BCUT2D eigenvalue weighted by atomic mass is 10.1. The predicted molar refractivity (Wildman–Crippen MR) is 76.8 cm³/mol. The van der Waals surface area contributed by atoms with Gasteiger partial charge in [0.15, 0.2) is 0 Å². The number of nitriles is 1. The fourth-order valence-electron chi connectivity index (χ4n) is 2.62. The van der Waals surface area contributed by atoms with E-state index in [1.54, 1.807) is 30.5 Å². The molecule has 1 aliphatic rings. The van der Waals surface area contributed by atoms with E-state index < -0.39 is 10.0 Å². The average Bonchev–Trinajstić information content (AvgIpc) is 2.71.